The summed E-state index contributed by atoms with van der Waals surface area (Å²) in [5.41, 5.74) is 4.19. The van der Waals surface area contributed by atoms with Crippen LogP contribution in [-0.4, -0.2) is 19.1 Å². The summed E-state index contributed by atoms with van der Waals surface area (Å²) in [5.74, 6) is 0.708. The van der Waals surface area contributed by atoms with Gasteiger partial charge in [-0.05, 0) is 56.4 Å². The van der Waals surface area contributed by atoms with Gasteiger partial charge in [0.15, 0.2) is 0 Å². The summed E-state index contributed by atoms with van der Waals surface area (Å²) < 4.78 is 0. The molecule has 0 amide bonds. The van der Waals surface area contributed by atoms with Crippen LogP contribution >= 0.6 is 0 Å². The Labute approximate surface area is 111 Å². The highest BCUT2D eigenvalue weighted by atomic mass is 15.1. The summed E-state index contributed by atoms with van der Waals surface area (Å²) in [6, 6.07) is 7.50. The third-order valence-electron chi connectivity index (χ3n) is 3.67. The van der Waals surface area contributed by atoms with Crippen molar-refractivity contribution >= 4 is 11.4 Å². The van der Waals surface area contributed by atoms with E-state index in [4.69, 9.17) is 0 Å². The number of fused-ring (bicyclic) bond motifs is 1. The maximum absolute atomic E-state index is 3.57. The first kappa shape index (κ1) is 13.3. The molecule has 0 aliphatic carbocycles. The minimum Gasteiger partial charge on any atom is -0.382 e. The van der Waals surface area contributed by atoms with Crippen LogP contribution in [0.15, 0.2) is 18.2 Å². The summed E-state index contributed by atoms with van der Waals surface area (Å²) >= 11 is 0. The van der Waals surface area contributed by atoms with Gasteiger partial charge >= 0.3 is 0 Å². The molecule has 1 aliphatic heterocycles. The quantitative estimate of drug-likeness (QED) is 0.866. The molecular formula is C16H26N2. The van der Waals surface area contributed by atoms with Crippen LogP contribution in [0, 0.1) is 5.92 Å². The number of nitrogens with one attached hydrogen (secondary N) is 1. The first-order valence-electron chi connectivity index (χ1n) is 7.24. The van der Waals surface area contributed by atoms with Gasteiger partial charge in [-0.1, -0.05) is 13.8 Å². The Bertz CT molecular complexity index is 398. The molecule has 2 nitrogen and oxygen atoms in total. The molecule has 0 spiro atoms. The normalized spacial score (nSPS) is 18.4. The number of aryl methyl sites for hydroxylation is 1. The lowest BCUT2D eigenvalue weighted by Crippen LogP contribution is -2.28. The highest BCUT2D eigenvalue weighted by Gasteiger charge is 2.15. The Balaban J connectivity index is 2.19. The van der Waals surface area contributed by atoms with E-state index in [-0.39, 0.29) is 0 Å². The molecule has 1 N–H and O–H groups in total. The van der Waals surface area contributed by atoms with Gasteiger partial charge in [0, 0.05) is 30.5 Å². The molecule has 100 valence electrons. The van der Waals surface area contributed by atoms with E-state index >= 15 is 0 Å². The van der Waals surface area contributed by atoms with Crippen molar-refractivity contribution in [1.82, 2.24) is 0 Å². The Hall–Kier alpha value is -1.18. The molecule has 0 saturated heterocycles. The van der Waals surface area contributed by atoms with Crippen LogP contribution in [0.4, 0.5) is 11.4 Å². The van der Waals surface area contributed by atoms with Gasteiger partial charge in [-0.15, -0.1) is 0 Å². The molecule has 2 rings (SSSR count). The molecule has 0 bridgehead atoms. The van der Waals surface area contributed by atoms with Crippen LogP contribution in [0.25, 0.3) is 0 Å². The summed E-state index contributed by atoms with van der Waals surface area (Å²) in [5, 5.41) is 3.57. The van der Waals surface area contributed by atoms with Crippen molar-refractivity contribution in [3.8, 4) is 0 Å². The molecule has 0 fully saturated rings. The van der Waals surface area contributed by atoms with E-state index in [1.165, 1.54) is 29.8 Å². The lowest BCUT2D eigenvalue weighted by Gasteiger charge is -2.29. The Morgan fingerprint density at radius 3 is 2.83 bits per heavy atom. The summed E-state index contributed by atoms with van der Waals surface area (Å²) in [7, 11) is 0. The maximum atomic E-state index is 3.57. The van der Waals surface area contributed by atoms with Crippen LogP contribution in [0.1, 0.15) is 39.7 Å². The molecule has 1 aromatic rings. The highest BCUT2D eigenvalue weighted by molar-refractivity contribution is 5.62. The molecule has 1 atom stereocenters. The van der Waals surface area contributed by atoms with Gasteiger partial charge in [0.1, 0.15) is 0 Å². The van der Waals surface area contributed by atoms with Crippen molar-refractivity contribution in [2.24, 2.45) is 5.92 Å². The van der Waals surface area contributed by atoms with Crippen molar-refractivity contribution in [3.63, 3.8) is 0 Å². The molecule has 1 heterocycles. The number of hydrogen-bond donors (Lipinski definition) is 1. The average molecular weight is 246 g/mol. The molecule has 2 heteroatoms. The van der Waals surface area contributed by atoms with Crippen LogP contribution in [0.2, 0.25) is 0 Å². The number of nitrogens with zero attached hydrogens (tertiary/aromatic N) is 1. The van der Waals surface area contributed by atoms with E-state index in [1.54, 1.807) is 0 Å². The van der Waals surface area contributed by atoms with Gasteiger partial charge < -0.3 is 10.2 Å². The van der Waals surface area contributed by atoms with Gasteiger partial charge in [-0.25, -0.2) is 0 Å². The monoisotopic (exact) mass is 246 g/mol. The Morgan fingerprint density at radius 1 is 1.39 bits per heavy atom. The third-order valence-corrected chi connectivity index (χ3v) is 3.67. The minimum atomic E-state index is 0.612. The van der Waals surface area contributed by atoms with Crippen molar-refractivity contribution in [3.05, 3.63) is 23.8 Å². The zero-order chi connectivity index (χ0) is 13.1. The minimum absolute atomic E-state index is 0.612. The molecule has 0 saturated carbocycles. The largest absolute Gasteiger partial charge is 0.382 e. The van der Waals surface area contributed by atoms with E-state index in [1.807, 2.05) is 0 Å². The Morgan fingerprint density at radius 2 is 2.17 bits per heavy atom. The summed E-state index contributed by atoms with van der Waals surface area (Å²) in [6.07, 6.45) is 2.45. The van der Waals surface area contributed by atoms with Crippen molar-refractivity contribution in [2.75, 3.05) is 23.3 Å². The topological polar surface area (TPSA) is 15.3 Å². The smallest absolute Gasteiger partial charge is 0.0376 e. The molecule has 1 aromatic carbocycles. The maximum Gasteiger partial charge on any atom is 0.0376 e. The van der Waals surface area contributed by atoms with Gasteiger partial charge in [0.2, 0.25) is 0 Å². The summed E-state index contributed by atoms with van der Waals surface area (Å²) in [6.45, 7) is 11.3. The lowest BCUT2D eigenvalue weighted by molar-refractivity contribution is 0.618. The van der Waals surface area contributed by atoms with Gasteiger partial charge in [-0.3, -0.25) is 0 Å². The van der Waals surface area contributed by atoms with Gasteiger partial charge in [0.25, 0.3) is 0 Å². The zero-order valence-corrected chi connectivity index (χ0v) is 12.2. The van der Waals surface area contributed by atoms with Gasteiger partial charge in [-0.2, -0.15) is 0 Å². The second-order valence-electron chi connectivity index (χ2n) is 5.86. The fourth-order valence-corrected chi connectivity index (χ4v) is 2.69. The second kappa shape index (κ2) is 5.64. The Kier molecular flexibility index (Phi) is 4.15. The fourth-order valence-electron chi connectivity index (χ4n) is 2.69. The van der Waals surface area contributed by atoms with Crippen LogP contribution in [0.5, 0.6) is 0 Å². The van der Waals surface area contributed by atoms with Crippen molar-refractivity contribution in [2.45, 2.75) is 46.6 Å². The van der Waals surface area contributed by atoms with E-state index in [2.05, 4.69) is 56.1 Å². The first-order chi connectivity index (χ1) is 8.60. The number of anilines is 2. The molecule has 1 unspecified atom stereocenters. The number of rotatable bonds is 4. The third kappa shape index (κ3) is 2.98. The van der Waals surface area contributed by atoms with Crippen molar-refractivity contribution in [1.29, 1.82) is 0 Å². The SMILES string of the molecule is CCN(CC(C)C)c1ccc2c(c1)CCC(C)N2. The van der Waals surface area contributed by atoms with E-state index in [9.17, 15) is 0 Å². The second-order valence-corrected chi connectivity index (χ2v) is 5.86. The predicted octanol–water partition coefficient (Wildman–Crippen LogP) is 3.92. The summed E-state index contributed by atoms with van der Waals surface area (Å²) in [4.78, 5) is 2.48. The van der Waals surface area contributed by atoms with E-state index < -0.39 is 0 Å². The molecule has 0 radical (unpaired) electrons. The van der Waals surface area contributed by atoms with Crippen LogP contribution < -0.4 is 10.2 Å². The van der Waals surface area contributed by atoms with E-state index in [0.717, 1.165) is 13.1 Å². The number of hydrogen-bond acceptors (Lipinski definition) is 2. The lowest BCUT2D eigenvalue weighted by atomic mass is 9.98. The van der Waals surface area contributed by atoms with Crippen LogP contribution in [0.3, 0.4) is 0 Å². The fraction of sp³-hybridized carbons (Fsp3) is 0.625. The zero-order valence-electron chi connectivity index (χ0n) is 12.2. The van der Waals surface area contributed by atoms with Crippen LogP contribution in [-0.2, 0) is 6.42 Å². The predicted molar refractivity (Wildman–Crippen MR) is 80.6 cm³/mol. The first-order valence-corrected chi connectivity index (χ1v) is 7.24. The molecule has 18 heavy (non-hydrogen) atoms. The highest BCUT2D eigenvalue weighted by Crippen LogP contribution is 2.29. The van der Waals surface area contributed by atoms with Gasteiger partial charge in [0.05, 0.1) is 0 Å². The van der Waals surface area contributed by atoms with Crippen molar-refractivity contribution < 1.29 is 0 Å². The average Bonchev–Trinajstić information content (AvgIpc) is 2.35. The number of benzene rings is 1. The molecular weight excluding hydrogens is 220 g/mol. The standard InChI is InChI=1S/C16H26N2/c1-5-18(11-12(2)3)15-8-9-16-14(10-15)7-6-13(4)17-16/h8-10,12-13,17H,5-7,11H2,1-4H3. The molecule has 0 aromatic heterocycles. The molecule has 1 aliphatic rings. The van der Waals surface area contributed by atoms with E-state index in [0.29, 0.717) is 12.0 Å².